The molecule has 0 aliphatic carbocycles. The first-order chi connectivity index (χ1) is 8.48. The number of nitrogens with one attached hydrogen (secondary N) is 1. The Hall–Kier alpha value is -1.63. The maximum absolute atomic E-state index is 12.1. The first-order valence-electron chi connectivity index (χ1n) is 6.05. The van der Waals surface area contributed by atoms with Gasteiger partial charge in [-0.3, -0.25) is 19.3 Å². The summed E-state index contributed by atoms with van der Waals surface area (Å²) >= 11 is 0. The van der Waals surface area contributed by atoms with Crippen LogP contribution in [0.5, 0.6) is 0 Å². The van der Waals surface area contributed by atoms with Crippen molar-refractivity contribution in [3.8, 4) is 0 Å². The number of urea groups is 1. The molecule has 18 heavy (non-hydrogen) atoms. The third-order valence-electron chi connectivity index (χ3n) is 3.38. The first-order valence-corrected chi connectivity index (χ1v) is 6.05. The molecule has 4 amide bonds. The van der Waals surface area contributed by atoms with Crippen LogP contribution in [-0.4, -0.2) is 53.0 Å². The van der Waals surface area contributed by atoms with Crippen LogP contribution in [0.4, 0.5) is 4.79 Å². The first kappa shape index (κ1) is 12.8. The molecule has 100 valence electrons. The summed E-state index contributed by atoms with van der Waals surface area (Å²) in [7, 11) is 0. The lowest BCUT2D eigenvalue weighted by Gasteiger charge is -2.20. The Balaban J connectivity index is 2.03. The molecule has 2 fully saturated rings. The monoisotopic (exact) mass is 255 g/mol. The molecule has 1 unspecified atom stereocenters. The van der Waals surface area contributed by atoms with Gasteiger partial charge in [0.1, 0.15) is 12.1 Å². The third kappa shape index (κ3) is 2.05. The van der Waals surface area contributed by atoms with E-state index >= 15 is 0 Å². The highest BCUT2D eigenvalue weighted by atomic mass is 16.7. The number of hydroxylamine groups is 2. The Morgan fingerprint density at radius 1 is 1.50 bits per heavy atom. The maximum Gasteiger partial charge on any atom is 0.325 e. The maximum atomic E-state index is 12.1. The molecule has 0 radical (unpaired) electrons. The van der Waals surface area contributed by atoms with Crippen LogP contribution in [0.25, 0.3) is 0 Å². The average Bonchev–Trinajstić information content (AvgIpc) is 2.93. The fraction of sp³-hybridized carbons (Fsp3) is 0.727. The molecule has 7 nitrogen and oxygen atoms in total. The van der Waals surface area contributed by atoms with Gasteiger partial charge in [-0.2, -0.15) is 0 Å². The van der Waals surface area contributed by atoms with Gasteiger partial charge in [0, 0.05) is 0 Å². The summed E-state index contributed by atoms with van der Waals surface area (Å²) < 4.78 is 0. The second-order valence-electron chi connectivity index (χ2n) is 4.69. The van der Waals surface area contributed by atoms with Crippen LogP contribution in [-0.2, 0) is 14.4 Å². The molecule has 1 N–H and O–H groups in total. The van der Waals surface area contributed by atoms with Crippen molar-refractivity contribution >= 4 is 17.8 Å². The zero-order chi connectivity index (χ0) is 13.3. The standard InChI is InChI=1S/C11H17N3O4/c1-3-11(2)9(16)13(10(17)12-11)7-8(15)14-5-4-6-18-14/h3-7H2,1-2H3,(H,12,17). The lowest BCUT2D eigenvalue weighted by atomic mass is 9.99. The van der Waals surface area contributed by atoms with E-state index in [-0.39, 0.29) is 18.4 Å². The van der Waals surface area contributed by atoms with Crippen molar-refractivity contribution in [3.63, 3.8) is 0 Å². The van der Waals surface area contributed by atoms with Crippen LogP contribution >= 0.6 is 0 Å². The molecule has 0 spiro atoms. The molecule has 1 atom stereocenters. The summed E-state index contributed by atoms with van der Waals surface area (Å²) in [6.07, 6.45) is 1.26. The molecule has 2 aliphatic heterocycles. The predicted octanol–water partition coefficient (Wildman–Crippen LogP) is -0.129. The van der Waals surface area contributed by atoms with Gasteiger partial charge in [0.25, 0.3) is 11.8 Å². The molecule has 2 saturated heterocycles. The minimum absolute atomic E-state index is 0.264. The van der Waals surface area contributed by atoms with Crippen LogP contribution in [0.15, 0.2) is 0 Å². The molecule has 2 heterocycles. The molecule has 0 saturated carbocycles. The fourth-order valence-electron chi connectivity index (χ4n) is 1.99. The number of hydrogen-bond donors (Lipinski definition) is 1. The molecule has 0 aromatic carbocycles. The van der Waals surface area contributed by atoms with E-state index in [1.54, 1.807) is 6.92 Å². The number of carbonyl (C=O) groups excluding carboxylic acids is 3. The van der Waals surface area contributed by atoms with Crippen molar-refractivity contribution in [2.24, 2.45) is 0 Å². The van der Waals surface area contributed by atoms with Crippen molar-refractivity contribution in [1.82, 2.24) is 15.3 Å². The topological polar surface area (TPSA) is 79.0 Å². The van der Waals surface area contributed by atoms with Gasteiger partial charge in [-0.15, -0.1) is 0 Å². The van der Waals surface area contributed by atoms with E-state index in [1.807, 2.05) is 6.92 Å². The predicted molar refractivity (Wildman–Crippen MR) is 61.2 cm³/mol. The Bertz CT molecular complexity index is 392. The van der Waals surface area contributed by atoms with Crippen LogP contribution < -0.4 is 5.32 Å². The van der Waals surface area contributed by atoms with Crippen LogP contribution in [0.1, 0.15) is 26.7 Å². The van der Waals surface area contributed by atoms with E-state index in [0.29, 0.717) is 19.6 Å². The van der Waals surface area contributed by atoms with Gasteiger partial charge in [-0.25, -0.2) is 9.86 Å². The van der Waals surface area contributed by atoms with Crippen molar-refractivity contribution in [2.45, 2.75) is 32.2 Å². The summed E-state index contributed by atoms with van der Waals surface area (Å²) in [6, 6.07) is -0.517. The quantitative estimate of drug-likeness (QED) is 0.712. The van der Waals surface area contributed by atoms with Gasteiger partial charge in [-0.05, 0) is 19.8 Å². The van der Waals surface area contributed by atoms with Crippen LogP contribution in [0.2, 0.25) is 0 Å². The number of carbonyl (C=O) groups is 3. The molecule has 0 bridgehead atoms. The Labute approximate surface area is 105 Å². The van der Waals surface area contributed by atoms with Gasteiger partial charge in [0.05, 0.1) is 13.2 Å². The smallest absolute Gasteiger partial charge is 0.323 e. The summed E-state index contributed by atoms with van der Waals surface area (Å²) in [5, 5.41) is 3.81. The molecule has 0 aromatic rings. The zero-order valence-corrected chi connectivity index (χ0v) is 10.6. The van der Waals surface area contributed by atoms with Gasteiger partial charge < -0.3 is 5.32 Å². The van der Waals surface area contributed by atoms with E-state index in [0.717, 1.165) is 11.3 Å². The van der Waals surface area contributed by atoms with Gasteiger partial charge in [0.15, 0.2) is 0 Å². The van der Waals surface area contributed by atoms with E-state index in [2.05, 4.69) is 5.32 Å². The number of imide groups is 1. The molecular weight excluding hydrogens is 238 g/mol. The Morgan fingerprint density at radius 2 is 2.22 bits per heavy atom. The summed E-state index contributed by atoms with van der Waals surface area (Å²) in [5.41, 5.74) is -0.900. The molecule has 7 heteroatoms. The van der Waals surface area contributed by atoms with Crippen LogP contribution in [0, 0.1) is 0 Å². The third-order valence-corrected chi connectivity index (χ3v) is 3.38. The van der Waals surface area contributed by atoms with E-state index in [9.17, 15) is 14.4 Å². The van der Waals surface area contributed by atoms with Gasteiger partial charge in [-0.1, -0.05) is 6.92 Å². The fourth-order valence-corrected chi connectivity index (χ4v) is 1.99. The lowest BCUT2D eigenvalue weighted by molar-refractivity contribution is -0.170. The van der Waals surface area contributed by atoms with Crippen LogP contribution in [0.3, 0.4) is 0 Å². The van der Waals surface area contributed by atoms with Crippen molar-refractivity contribution in [1.29, 1.82) is 0 Å². The average molecular weight is 255 g/mol. The summed E-state index contributed by atoms with van der Waals surface area (Å²) in [4.78, 5) is 41.6. The minimum atomic E-state index is -0.900. The van der Waals surface area contributed by atoms with Crippen molar-refractivity contribution in [3.05, 3.63) is 0 Å². The van der Waals surface area contributed by atoms with Crippen molar-refractivity contribution < 1.29 is 19.2 Å². The zero-order valence-electron chi connectivity index (χ0n) is 10.6. The van der Waals surface area contributed by atoms with E-state index < -0.39 is 11.6 Å². The molecule has 0 aromatic heterocycles. The highest BCUT2D eigenvalue weighted by molar-refractivity contribution is 6.08. The molecular formula is C11H17N3O4. The Morgan fingerprint density at radius 3 is 2.72 bits per heavy atom. The number of amides is 4. The second-order valence-corrected chi connectivity index (χ2v) is 4.69. The summed E-state index contributed by atoms with van der Waals surface area (Å²) in [5.74, 6) is -0.723. The van der Waals surface area contributed by atoms with E-state index in [1.165, 1.54) is 5.06 Å². The highest BCUT2D eigenvalue weighted by Gasteiger charge is 2.47. The Kier molecular flexibility index (Phi) is 3.25. The molecule has 2 aliphatic rings. The van der Waals surface area contributed by atoms with Crippen molar-refractivity contribution in [2.75, 3.05) is 19.7 Å². The minimum Gasteiger partial charge on any atom is -0.323 e. The van der Waals surface area contributed by atoms with E-state index in [4.69, 9.17) is 4.84 Å². The van der Waals surface area contributed by atoms with Gasteiger partial charge in [0.2, 0.25) is 0 Å². The van der Waals surface area contributed by atoms with Gasteiger partial charge >= 0.3 is 6.03 Å². The molecule has 2 rings (SSSR count). The number of nitrogens with zero attached hydrogens (tertiary/aromatic N) is 2. The normalized spacial score (nSPS) is 27.9. The SMILES string of the molecule is CCC1(C)NC(=O)N(CC(=O)N2CCCO2)C1=O. The lowest BCUT2D eigenvalue weighted by Crippen LogP contribution is -2.44. The highest BCUT2D eigenvalue weighted by Crippen LogP contribution is 2.20. The second kappa shape index (κ2) is 4.56. The number of rotatable bonds is 3. The summed E-state index contributed by atoms with van der Waals surface area (Å²) in [6.45, 7) is 4.21. The largest absolute Gasteiger partial charge is 0.325 e. The number of hydrogen-bond acceptors (Lipinski definition) is 4.